The first-order valence-corrected chi connectivity index (χ1v) is 13.6. The van der Waals surface area contributed by atoms with Gasteiger partial charge in [-0.25, -0.2) is 9.18 Å². The summed E-state index contributed by atoms with van der Waals surface area (Å²) < 4.78 is 93.4. The van der Waals surface area contributed by atoms with E-state index < -0.39 is 47.4 Å². The normalized spacial score (nSPS) is 15.4. The Kier molecular flexibility index (Phi) is 10.0. The first-order valence-electron chi connectivity index (χ1n) is 13.6. The fourth-order valence-corrected chi connectivity index (χ4v) is 4.79. The molecule has 4 rings (SSSR count). The summed E-state index contributed by atoms with van der Waals surface area (Å²) in [6.07, 6.45) is -12.9. The summed E-state index contributed by atoms with van der Waals surface area (Å²) in [6.45, 7) is 1.11. The minimum atomic E-state index is -5.98. The highest BCUT2D eigenvalue weighted by Crippen LogP contribution is 2.50. The van der Waals surface area contributed by atoms with Gasteiger partial charge in [0, 0.05) is 50.4 Å². The Bertz CT molecular complexity index is 1460. The molecule has 242 valence electrons. The Morgan fingerprint density at radius 3 is 2.00 bits per heavy atom. The Morgan fingerprint density at radius 2 is 1.44 bits per heavy atom. The molecule has 0 radical (unpaired) electrons. The second-order valence-electron chi connectivity index (χ2n) is 10.4. The Labute approximate surface area is 253 Å². The number of halogens is 7. The van der Waals surface area contributed by atoms with Crippen LogP contribution in [0.5, 0.6) is 0 Å². The fourth-order valence-electron chi connectivity index (χ4n) is 4.79. The smallest absolute Gasteiger partial charge is 0.387 e. The molecule has 1 saturated heterocycles. The molecule has 1 unspecified atom stereocenters. The number of piperazine rings is 1. The van der Waals surface area contributed by atoms with Crippen LogP contribution in [0.15, 0.2) is 72.8 Å². The van der Waals surface area contributed by atoms with Gasteiger partial charge in [-0.3, -0.25) is 9.69 Å². The number of carbonyl (C=O) groups is 2. The van der Waals surface area contributed by atoms with Crippen LogP contribution in [0.3, 0.4) is 0 Å². The van der Waals surface area contributed by atoms with Crippen molar-refractivity contribution in [2.24, 2.45) is 0 Å². The van der Waals surface area contributed by atoms with Crippen LogP contribution in [0, 0.1) is 5.82 Å². The zero-order valence-electron chi connectivity index (χ0n) is 23.5. The minimum absolute atomic E-state index is 0.0313. The van der Waals surface area contributed by atoms with Gasteiger partial charge >= 0.3 is 18.4 Å². The van der Waals surface area contributed by atoms with Crippen LogP contribution < -0.4 is 10.6 Å². The first-order chi connectivity index (χ1) is 21.1. The number of benzene rings is 3. The van der Waals surface area contributed by atoms with Gasteiger partial charge in [-0.2, -0.15) is 26.3 Å². The molecule has 1 aliphatic rings. The number of anilines is 1. The standard InChI is InChI=1S/C30H29F7N4O4/c31-23-16-21(8-11-24(23)39-27(44)38-17-25(42)20-4-2-1-3-5-20)26(43)41-14-12-40(13-15-41)18-19-6-9-22(10-7-19)28(45,29(32,33)34)30(35,36)37/h1-11,16,25,42,45H,12-15,17-18H2,(H2,38,39,44). The van der Waals surface area contributed by atoms with E-state index in [0.717, 1.165) is 18.2 Å². The van der Waals surface area contributed by atoms with Crippen molar-refractivity contribution in [3.8, 4) is 0 Å². The van der Waals surface area contributed by atoms with E-state index in [1.807, 2.05) is 4.90 Å². The van der Waals surface area contributed by atoms with E-state index in [-0.39, 0.29) is 37.4 Å². The van der Waals surface area contributed by atoms with Gasteiger partial charge < -0.3 is 25.7 Å². The number of nitrogens with zero attached hydrogens (tertiary/aromatic N) is 2. The number of rotatable bonds is 8. The molecule has 1 heterocycles. The number of urea groups is 1. The predicted molar refractivity (Wildman–Crippen MR) is 148 cm³/mol. The Hall–Kier alpha value is -4.21. The topological polar surface area (TPSA) is 105 Å². The molecule has 4 N–H and O–H groups in total. The first kappa shape index (κ1) is 33.7. The lowest BCUT2D eigenvalue weighted by Crippen LogP contribution is -2.53. The summed E-state index contributed by atoms with van der Waals surface area (Å²) in [5.74, 6) is -1.33. The molecule has 1 aliphatic heterocycles. The molecule has 3 aromatic carbocycles. The van der Waals surface area contributed by atoms with E-state index in [2.05, 4.69) is 10.6 Å². The third-order valence-electron chi connectivity index (χ3n) is 7.36. The zero-order chi connectivity index (χ0) is 33.0. The summed E-state index contributed by atoms with van der Waals surface area (Å²) >= 11 is 0. The highest BCUT2D eigenvalue weighted by atomic mass is 19.4. The molecular formula is C30H29F7N4O4. The number of carbonyl (C=O) groups excluding carboxylic acids is 2. The lowest BCUT2D eigenvalue weighted by Gasteiger charge is -2.35. The highest BCUT2D eigenvalue weighted by molar-refractivity contribution is 5.95. The Morgan fingerprint density at radius 1 is 0.844 bits per heavy atom. The molecular weight excluding hydrogens is 613 g/mol. The van der Waals surface area contributed by atoms with Gasteiger partial charge in [-0.05, 0) is 29.3 Å². The van der Waals surface area contributed by atoms with Crippen LogP contribution in [-0.4, -0.2) is 77.0 Å². The van der Waals surface area contributed by atoms with Crippen molar-refractivity contribution in [3.05, 3.63) is 101 Å². The van der Waals surface area contributed by atoms with E-state index in [4.69, 9.17) is 0 Å². The lowest BCUT2D eigenvalue weighted by molar-refractivity contribution is -0.376. The molecule has 1 atom stereocenters. The predicted octanol–water partition coefficient (Wildman–Crippen LogP) is 4.95. The van der Waals surface area contributed by atoms with E-state index in [0.29, 0.717) is 36.3 Å². The average Bonchev–Trinajstić information content (AvgIpc) is 3.00. The molecule has 45 heavy (non-hydrogen) atoms. The number of aliphatic hydroxyl groups is 2. The van der Waals surface area contributed by atoms with E-state index in [9.17, 15) is 50.5 Å². The van der Waals surface area contributed by atoms with Crippen molar-refractivity contribution in [1.29, 1.82) is 0 Å². The number of alkyl halides is 6. The minimum Gasteiger partial charge on any atom is -0.387 e. The van der Waals surface area contributed by atoms with Gasteiger partial charge in [-0.1, -0.05) is 54.6 Å². The molecule has 0 saturated carbocycles. The van der Waals surface area contributed by atoms with Gasteiger partial charge in [0.15, 0.2) is 0 Å². The molecule has 8 nitrogen and oxygen atoms in total. The number of nitrogens with one attached hydrogen (secondary N) is 2. The molecule has 3 aromatic rings. The molecule has 0 bridgehead atoms. The third-order valence-corrected chi connectivity index (χ3v) is 7.36. The number of hydrogen-bond donors (Lipinski definition) is 4. The van der Waals surface area contributed by atoms with Crippen LogP contribution in [0.1, 0.15) is 33.2 Å². The Balaban J connectivity index is 1.28. The van der Waals surface area contributed by atoms with Crippen molar-refractivity contribution >= 4 is 17.6 Å². The summed E-state index contributed by atoms with van der Waals surface area (Å²) in [6, 6.07) is 14.7. The van der Waals surface area contributed by atoms with Crippen LogP contribution in [-0.2, 0) is 12.1 Å². The molecule has 15 heteroatoms. The van der Waals surface area contributed by atoms with Crippen LogP contribution >= 0.6 is 0 Å². The lowest BCUT2D eigenvalue weighted by atomic mass is 9.91. The second-order valence-corrected chi connectivity index (χ2v) is 10.4. The highest BCUT2D eigenvalue weighted by Gasteiger charge is 2.71. The van der Waals surface area contributed by atoms with Crippen molar-refractivity contribution < 1.29 is 50.5 Å². The summed E-state index contributed by atoms with van der Waals surface area (Å²) in [5.41, 5.74) is -5.51. The number of hydrogen-bond acceptors (Lipinski definition) is 5. The maximum absolute atomic E-state index is 14.7. The molecule has 0 spiro atoms. The van der Waals surface area contributed by atoms with Gasteiger partial charge in [0.2, 0.25) is 0 Å². The van der Waals surface area contributed by atoms with E-state index >= 15 is 0 Å². The maximum atomic E-state index is 14.7. The summed E-state index contributed by atoms with van der Waals surface area (Å²) in [7, 11) is 0. The van der Waals surface area contributed by atoms with Crippen LogP contribution in [0.4, 0.5) is 41.2 Å². The van der Waals surface area contributed by atoms with E-state index in [1.165, 1.54) is 17.0 Å². The number of amides is 3. The molecule has 1 fully saturated rings. The quantitative estimate of drug-likeness (QED) is 0.261. The van der Waals surface area contributed by atoms with Crippen molar-refractivity contribution in [2.45, 2.75) is 30.6 Å². The summed E-state index contributed by atoms with van der Waals surface area (Å²) in [5, 5.41) is 24.5. The van der Waals surface area contributed by atoms with Crippen LogP contribution in [0.25, 0.3) is 0 Å². The zero-order valence-corrected chi connectivity index (χ0v) is 23.5. The van der Waals surface area contributed by atoms with Crippen LogP contribution in [0.2, 0.25) is 0 Å². The van der Waals surface area contributed by atoms with Gasteiger partial charge in [0.05, 0.1) is 11.8 Å². The largest absolute Gasteiger partial charge is 0.430 e. The molecule has 3 amide bonds. The third kappa shape index (κ3) is 7.72. The molecule has 0 aromatic heterocycles. The van der Waals surface area contributed by atoms with Crippen molar-refractivity contribution in [3.63, 3.8) is 0 Å². The van der Waals surface area contributed by atoms with Crippen molar-refractivity contribution in [1.82, 2.24) is 15.1 Å². The van der Waals surface area contributed by atoms with Gasteiger partial charge in [-0.15, -0.1) is 0 Å². The number of aliphatic hydroxyl groups excluding tert-OH is 1. The fraction of sp³-hybridized carbons (Fsp3) is 0.333. The van der Waals surface area contributed by atoms with Crippen molar-refractivity contribution in [2.75, 3.05) is 38.0 Å². The SMILES string of the molecule is O=C(NCC(O)c1ccccc1)Nc1ccc(C(=O)N2CCN(Cc3ccc(C(O)(C(F)(F)F)C(F)(F)F)cc3)CC2)cc1F. The van der Waals surface area contributed by atoms with E-state index in [1.54, 1.807) is 30.3 Å². The van der Waals surface area contributed by atoms with Gasteiger partial charge in [0.1, 0.15) is 5.82 Å². The van der Waals surface area contributed by atoms with Gasteiger partial charge in [0.25, 0.3) is 11.5 Å². The maximum Gasteiger partial charge on any atom is 0.430 e. The summed E-state index contributed by atoms with van der Waals surface area (Å²) in [4.78, 5) is 28.4. The average molecular weight is 643 g/mol. The monoisotopic (exact) mass is 642 g/mol. The molecule has 0 aliphatic carbocycles. The second kappa shape index (κ2) is 13.4.